The van der Waals surface area contributed by atoms with E-state index in [1.807, 2.05) is 37.0 Å². The number of nitrogens with zero attached hydrogens (tertiary/aromatic N) is 4. The summed E-state index contributed by atoms with van der Waals surface area (Å²) in [7, 11) is 3.80. The average Bonchev–Trinajstić information content (AvgIpc) is 3.22. The molecule has 1 fully saturated rings. The van der Waals surface area contributed by atoms with Crippen molar-refractivity contribution >= 4 is 41.3 Å². The van der Waals surface area contributed by atoms with Gasteiger partial charge in [0.05, 0.1) is 24.9 Å². The summed E-state index contributed by atoms with van der Waals surface area (Å²) in [4.78, 5) is 9.65. The van der Waals surface area contributed by atoms with E-state index in [0.29, 0.717) is 12.6 Å². The van der Waals surface area contributed by atoms with Crippen LogP contribution in [-0.4, -0.2) is 60.5 Å². The quantitative estimate of drug-likeness (QED) is 0.341. The summed E-state index contributed by atoms with van der Waals surface area (Å²) in [6.45, 7) is 11.4. The number of guanidine groups is 1. The Morgan fingerprint density at radius 3 is 2.52 bits per heavy atom. The summed E-state index contributed by atoms with van der Waals surface area (Å²) in [5.74, 6) is 0.814. The van der Waals surface area contributed by atoms with E-state index in [0.717, 1.165) is 44.5 Å². The minimum Gasteiger partial charge on any atom is -0.379 e. The Kier molecular flexibility index (Phi) is 9.38. The van der Waals surface area contributed by atoms with Crippen LogP contribution in [0.4, 0.5) is 0 Å². The maximum Gasteiger partial charge on any atom is 0.191 e. The highest BCUT2D eigenvalue weighted by Crippen LogP contribution is 2.27. The third-order valence-electron chi connectivity index (χ3n) is 5.35. The lowest BCUT2D eigenvalue weighted by Gasteiger charge is -2.34. The van der Waals surface area contributed by atoms with Crippen molar-refractivity contribution in [3.8, 4) is 0 Å². The fourth-order valence-electron chi connectivity index (χ4n) is 3.59. The van der Waals surface area contributed by atoms with Crippen LogP contribution in [-0.2, 0) is 18.3 Å². The zero-order valence-electron chi connectivity index (χ0n) is 18.0. The third-order valence-corrected chi connectivity index (χ3v) is 6.46. The fraction of sp³-hybridized carbons (Fsp3) is 0.600. The van der Waals surface area contributed by atoms with E-state index in [1.165, 1.54) is 21.0 Å². The largest absolute Gasteiger partial charge is 0.379 e. The first-order valence-electron chi connectivity index (χ1n) is 9.81. The van der Waals surface area contributed by atoms with E-state index >= 15 is 0 Å². The van der Waals surface area contributed by atoms with Gasteiger partial charge in [0.2, 0.25) is 0 Å². The SMILES string of the molecule is CN=C(NCc1c(C)nn(C)c1C)NCC(c1ccc(C)s1)N1CCOCC1.I. The lowest BCUT2D eigenvalue weighted by atomic mass is 10.2. The number of morpholine rings is 1. The molecule has 1 saturated heterocycles. The van der Waals surface area contributed by atoms with E-state index in [9.17, 15) is 0 Å². The molecule has 2 N–H and O–H groups in total. The smallest absolute Gasteiger partial charge is 0.191 e. The number of nitrogens with one attached hydrogen (secondary N) is 2. The Bertz CT molecular complexity index is 812. The molecule has 1 aliphatic heterocycles. The van der Waals surface area contributed by atoms with Crippen molar-refractivity contribution in [2.24, 2.45) is 12.0 Å². The Balaban J connectivity index is 0.00000300. The molecule has 0 aromatic carbocycles. The van der Waals surface area contributed by atoms with Gasteiger partial charge in [0.1, 0.15) is 0 Å². The Morgan fingerprint density at radius 2 is 1.97 bits per heavy atom. The molecule has 2 aromatic rings. The molecule has 3 heterocycles. The molecule has 1 aliphatic rings. The van der Waals surface area contributed by atoms with Gasteiger partial charge in [-0.25, -0.2) is 0 Å². The first-order valence-corrected chi connectivity index (χ1v) is 10.6. The van der Waals surface area contributed by atoms with Gasteiger partial charge < -0.3 is 15.4 Å². The average molecular weight is 532 g/mol. The molecule has 0 aliphatic carbocycles. The number of halogens is 1. The molecule has 0 saturated carbocycles. The maximum atomic E-state index is 5.55. The molecule has 1 unspecified atom stereocenters. The molecule has 9 heteroatoms. The van der Waals surface area contributed by atoms with Gasteiger partial charge in [-0.15, -0.1) is 35.3 Å². The number of aryl methyl sites for hydroxylation is 3. The van der Waals surface area contributed by atoms with Gasteiger partial charge in [0, 0.05) is 61.3 Å². The minimum atomic E-state index is 0. The number of aromatic nitrogens is 2. The molecule has 0 amide bonds. The lowest BCUT2D eigenvalue weighted by Crippen LogP contribution is -2.46. The van der Waals surface area contributed by atoms with Crippen LogP contribution in [0.15, 0.2) is 17.1 Å². The van der Waals surface area contributed by atoms with Crippen molar-refractivity contribution in [3.05, 3.63) is 38.8 Å². The van der Waals surface area contributed by atoms with Crippen LogP contribution in [0.2, 0.25) is 0 Å². The molecule has 0 bridgehead atoms. The second kappa shape index (κ2) is 11.3. The summed E-state index contributed by atoms with van der Waals surface area (Å²) in [5, 5.41) is 11.5. The normalized spacial score (nSPS) is 16.4. The van der Waals surface area contributed by atoms with Gasteiger partial charge in [-0.3, -0.25) is 14.6 Å². The summed E-state index contributed by atoms with van der Waals surface area (Å²) in [6, 6.07) is 4.78. The van der Waals surface area contributed by atoms with E-state index < -0.39 is 0 Å². The second-order valence-corrected chi connectivity index (χ2v) is 8.51. The van der Waals surface area contributed by atoms with E-state index in [-0.39, 0.29) is 24.0 Å². The highest BCUT2D eigenvalue weighted by atomic mass is 127. The molecule has 29 heavy (non-hydrogen) atoms. The van der Waals surface area contributed by atoms with Crippen LogP contribution < -0.4 is 10.6 Å². The Hall–Kier alpha value is -1.17. The highest BCUT2D eigenvalue weighted by Gasteiger charge is 2.24. The highest BCUT2D eigenvalue weighted by molar-refractivity contribution is 14.0. The van der Waals surface area contributed by atoms with Crippen LogP contribution in [0.25, 0.3) is 0 Å². The summed E-state index contributed by atoms with van der Waals surface area (Å²) in [5.41, 5.74) is 3.47. The number of ether oxygens (including phenoxy) is 1. The van der Waals surface area contributed by atoms with Crippen molar-refractivity contribution in [2.45, 2.75) is 33.4 Å². The van der Waals surface area contributed by atoms with Gasteiger partial charge in [-0.05, 0) is 32.9 Å². The van der Waals surface area contributed by atoms with Crippen molar-refractivity contribution in [1.82, 2.24) is 25.3 Å². The van der Waals surface area contributed by atoms with Gasteiger partial charge in [0.25, 0.3) is 0 Å². The number of rotatable bonds is 6. The predicted molar refractivity (Wildman–Crippen MR) is 130 cm³/mol. The Labute approximate surface area is 194 Å². The lowest BCUT2D eigenvalue weighted by molar-refractivity contribution is 0.0177. The summed E-state index contributed by atoms with van der Waals surface area (Å²) in [6.07, 6.45) is 0. The fourth-order valence-corrected chi connectivity index (χ4v) is 4.60. The summed E-state index contributed by atoms with van der Waals surface area (Å²) < 4.78 is 7.47. The molecule has 162 valence electrons. The number of aliphatic imine (C=N–C) groups is 1. The first kappa shape index (κ1) is 24.1. The van der Waals surface area contributed by atoms with Gasteiger partial charge >= 0.3 is 0 Å². The predicted octanol–water partition coefficient (Wildman–Crippen LogP) is 2.76. The van der Waals surface area contributed by atoms with Crippen molar-refractivity contribution in [3.63, 3.8) is 0 Å². The zero-order valence-corrected chi connectivity index (χ0v) is 21.1. The van der Waals surface area contributed by atoms with Crippen LogP contribution in [0, 0.1) is 20.8 Å². The molecule has 0 spiro atoms. The molecule has 1 atom stereocenters. The van der Waals surface area contributed by atoms with E-state index in [4.69, 9.17) is 4.74 Å². The molecule has 7 nitrogen and oxygen atoms in total. The van der Waals surface area contributed by atoms with Crippen LogP contribution in [0.5, 0.6) is 0 Å². The first-order chi connectivity index (χ1) is 13.5. The minimum absolute atomic E-state index is 0. The zero-order chi connectivity index (χ0) is 20.1. The molecular weight excluding hydrogens is 499 g/mol. The van der Waals surface area contributed by atoms with Crippen molar-refractivity contribution in [1.29, 1.82) is 0 Å². The topological polar surface area (TPSA) is 66.7 Å². The summed E-state index contributed by atoms with van der Waals surface area (Å²) >= 11 is 1.87. The van der Waals surface area contributed by atoms with Crippen molar-refractivity contribution in [2.75, 3.05) is 39.9 Å². The van der Waals surface area contributed by atoms with Gasteiger partial charge in [-0.2, -0.15) is 5.10 Å². The maximum absolute atomic E-state index is 5.55. The third kappa shape index (κ3) is 6.16. The van der Waals surface area contributed by atoms with Crippen LogP contribution >= 0.6 is 35.3 Å². The molecule has 0 radical (unpaired) electrons. The second-order valence-electron chi connectivity index (χ2n) is 7.19. The van der Waals surface area contributed by atoms with Gasteiger partial charge in [-0.1, -0.05) is 0 Å². The van der Waals surface area contributed by atoms with Crippen LogP contribution in [0.1, 0.15) is 32.7 Å². The molecule has 2 aromatic heterocycles. The Morgan fingerprint density at radius 1 is 1.24 bits per heavy atom. The van der Waals surface area contributed by atoms with E-state index in [1.54, 1.807) is 0 Å². The number of hydrogen-bond acceptors (Lipinski definition) is 5. The number of thiophene rings is 1. The van der Waals surface area contributed by atoms with Crippen molar-refractivity contribution < 1.29 is 4.74 Å². The standard InChI is InChI=1S/C20H32N6OS.HI/c1-14-6-7-19(28-14)18(26-8-10-27-11-9-26)13-23-20(21-4)22-12-17-15(2)24-25(5)16(17)3;/h6-7,18H,8-13H2,1-5H3,(H2,21,22,23);1H. The van der Waals surface area contributed by atoms with E-state index in [2.05, 4.69) is 51.6 Å². The monoisotopic (exact) mass is 532 g/mol. The number of hydrogen-bond donors (Lipinski definition) is 2. The molecular formula is C20H33IN6OS. The molecule has 3 rings (SSSR count). The van der Waals surface area contributed by atoms with Gasteiger partial charge in [0.15, 0.2) is 5.96 Å². The van der Waals surface area contributed by atoms with Crippen LogP contribution in [0.3, 0.4) is 0 Å².